The molecule has 102 valence electrons. The van der Waals surface area contributed by atoms with E-state index < -0.39 is 0 Å². The van der Waals surface area contributed by atoms with E-state index in [1.807, 2.05) is 36.2 Å². The van der Waals surface area contributed by atoms with E-state index in [9.17, 15) is 4.79 Å². The molecule has 0 radical (unpaired) electrons. The molecule has 0 spiro atoms. The van der Waals surface area contributed by atoms with E-state index in [2.05, 4.69) is 0 Å². The molecular formula is C16H22N2O. The standard InChI is InChI=1S/C16H22N2O/c1-18(14-4-2-3-12(8-14)10-17)16(19)15-9-11-5-6-13(15)7-11/h2-4,8,11,13,15H,5-7,9-10,17H2,1H3. The fourth-order valence-corrected chi connectivity index (χ4v) is 3.82. The summed E-state index contributed by atoms with van der Waals surface area (Å²) in [6.45, 7) is 0.518. The minimum absolute atomic E-state index is 0.255. The van der Waals surface area contributed by atoms with E-state index >= 15 is 0 Å². The van der Waals surface area contributed by atoms with E-state index in [4.69, 9.17) is 5.73 Å². The van der Waals surface area contributed by atoms with E-state index in [0.29, 0.717) is 18.4 Å². The number of nitrogens with zero attached hydrogens (tertiary/aromatic N) is 1. The van der Waals surface area contributed by atoms with Crippen molar-refractivity contribution in [1.29, 1.82) is 0 Å². The van der Waals surface area contributed by atoms with Crippen LogP contribution in [0.2, 0.25) is 0 Å². The Balaban J connectivity index is 1.75. The van der Waals surface area contributed by atoms with Crippen molar-refractivity contribution in [1.82, 2.24) is 0 Å². The first kappa shape index (κ1) is 12.7. The van der Waals surface area contributed by atoms with Gasteiger partial charge in [0.1, 0.15) is 0 Å². The second kappa shape index (κ2) is 4.97. The van der Waals surface area contributed by atoms with Gasteiger partial charge < -0.3 is 10.6 Å². The van der Waals surface area contributed by atoms with E-state index in [1.165, 1.54) is 19.3 Å². The zero-order valence-electron chi connectivity index (χ0n) is 11.5. The molecule has 2 bridgehead atoms. The van der Waals surface area contributed by atoms with Crippen LogP contribution in [0.4, 0.5) is 5.69 Å². The molecule has 0 heterocycles. The van der Waals surface area contributed by atoms with Crippen molar-refractivity contribution in [2.75, 3.05) is 11.9 Å². The summed E-state index contributed by atoms with van der Waals surface area (Å²) >= 11 is 0. The molecule has 3 heteroatoms. The summed E-state index contributed by atoms with van der Waals surface area (Å²) in [5, 5.41) is 0. The highest BCUT2D eigenvalue weighted by molar-refractivity contribution is 5.95. The van der Waals surface area contributed by atoms with Crippen LogP contribution in [0, 0.1) is 17.8 Å². The van der Waals surface area contributed by atoms with Crippen molar-refractivity contribution in [2.24, 2.45) is 23.5 Å². The highest BCUT2D eigenvalue weighted by Gasteiger charge is 2.44. The molecule has 0 aliphatic heterocycles. The van der Waals surface area contributed by atoms with E-state index in [0.717, 1.165) is 23.6 Å². The molecule has 0 aromatic heterocycles. The lowest BCUT2D eigenvalue weighted by molar-refractivity contribution is -0.123. The van der Waals surface area contributed by atoms with Gasteiger partial charge in [0.15, 0.2) is 0 Å². The first-order valence-corrected chi connectivity index (χ1v) is 7.25. The zero-order valence-corrected chi connectivity index (χ0v) is 11.5. The lowest BCUT2D eigenvalue weighted by atomic mass is 9.87. The van der Waals surface area contributed by atoms with Gasteiger partial charge in [0.2, 0.25) is 5.91 Å². The van der Waals surface area contributed by atoms with E-state index in [-0.39, 0.29) is 5.92 Å². The number of amides is 1. The number of carbonyl (C=O) groups is 1. The normalized spacial score (nSPS) is 28.6. The van der Waals surface area contributed by atoms with Gasteiger partial charge in [0.05, 0.1) is 0 Å². The molecule has 3 unspecified atom stereocenters. The number of fused-ring (bicyclic) bond motifs is 2. The van der Waals surface area contributed by atoms with Crippen LogP contribution in [0.5, 0.6) is 0 Å². The van der Waals surface area contributed by atoms with Crippen LogP contribution in [0.15, 0.2) is 24.3 Å². The van der Waals surface area contributed by atoms with Crippen LogP contribution < -0.4 is 10.6 Å². The van der Waals surface area contributed by atoms with Gasteiger partial charge in [-0.1, -0.05) is 18.6 Å². The van der Waals surface area contributed by atoms with Gasteiger partial charge in [-0.15, -0.1) is 0 Å². The molecule has 2 aliphatic carbocycles. The predicted octanol–water partition coefficient (Wildman–Crippen LogP) is 2.54. The summed E-state index contributed by atoms with van der Waals surface area (Å²) in [5.41, 5.74) is 7.71. The maximum Gasteiger partial charge on any atom is 0.230 e. The second-order valence-electron chi connectivity index (χ2n) is 6.05. The second-order valence-corrected chi connectivity index (χ2v) is 6.05. The molecule has 1 aromatic carbocycles. The van der Waals surface area contributed by atoms with Crippen LogP contribution in [0.25, 0.3) is 0 Å². The van der Waals surface area contributed by atoms with Crippen LogP contribution in [0.1, 0.15) is 31.2 Å². The molecule has 2 aliphatic rings. The Labute approximate surface area is 114 Å². The summed E-state index contributed by atoms with van der Waals surface area (Å²) in [6.07, 6.45) is 4.95. The number of anilines is 1. The Morgan fingerprint density at radius 1 is 1.37 bits per heavy atom. The van der Waals surface area contributed by atoms with Crippen LogP contribution in [-0.4, -0.2) is 13.0 Å². The Morgan fingerprint density at radius 3 is 2.84 bits per heavy atom. The minimum Gasteiger partial charge on any atom is -0.326 e. The summed E-state index contributed by atoms with van der Waals surface area (Å²) in [7, 11) is 1.89. The number of carbonyl (C=O) groups excluding carboxylic acids is 1. The predicted molar refractivity (Wildman–Crippen MR) is 76.7 cm³/mol. The topological polar surface area (TPSA) is 46.3 Å². The largest absolute Gasteiger partial charge is 0.326 e. The summed E-state index contributed by atoms with van der Waals surface area (Å²) in [5.74, 6) is 1.99. The molecule has 2 N–H and O–H groups in total. The lowest BCUT2D eigenvalue weighted by Gasteiger charge is -2.26. The van der Waals surface area contributed by atoms with Crippen LogP contribution in [0.3, 0.4) is 0 Å². The molecule has 2 saturated carbocycles. The van der Waals surface area contributed by atoms with Crippen LogP contribution in [-0.2, 0) is 11.3 Å². The Bertz CT molecular complexity index is 485. The van der Waals surface area contributed by atoms with Gasteiger partial charge >= 0.3 is 0 Å². The zero-order chi connectivity index (χ0) is 13.4. The Morgan fingerprint density at radius 2 is 2.21 bits per heavy atom. The van der Waals surface area contributed by atoms with Gasteiger partial charge in [-0.25, -0.2) is 0 Å². The van der Waals surface area contributed by atoms with Crippen molar-refractivity contribution in [2.45, 2.75) is 32.2 Å². The van der Waals surface area contributed by atoms with Crippen LogP contribution >= 0.6 is 0 Å². The van der Waals surface area contributed by atoms with Gasteiger partial charge in [0.25, 0.3) is 0 Å². The maximum absolute atomic E-state index is 12.6. The Kier molecular flexibility index (Phi) is 3.31. The molecular weight excluding hydrogens is 236 g/mol. The summed E-state index contributed by atoms with van der Waals surface area (Å²) in [6, 6.07) is 7.98. The fourth-order valence-electron chi connectivity index (χ4n) is 3.82. The van der Waals surface area contributed by atoms with E-state index in [1.54, 1.807) is 0 Å². The average Bonchev–Trinajstić information content (AvgIpc) is 3.08. The molecule has 3 atom stereocenters. The van der Waals surface area contributed by atoms with Crippen molar-refractivity contribution < 1.29 is 4.79 Å². The first-order chi connectivity index (χ1) is 9.19. The van der Waals surface area contributed by atoms with Gasteiger partial charge in [-0.05, 0) is 48.8 Å². The smallest absolute Gasteiger partial charge is 0.230 e. The molecule has 1 aromatic rings. The third-order valence-corrected chi connectivity index (χ3v) is 4.92. The highest BCUT2D eigenvalue weighted by Crippen LogP contribution is 2.49. The molecule has 0 saturated heterocycles. The molecule has 3 rings (SSSR count). The molecule has 3 nitrogen and oxygen atoms in total. The maximum atomic E-state index is 12.6. The SMILES string of the molecule is CN(C(=O)C1CC2CCC1C2)c1cccc(CN)c1. The molecule has 19 heavy (non-hydrogen) atoms. The average molecular weight is 258 g/mol. The fraction of sp³-hybridized carbons (Fsp3) is 0.562. The van der Waals surface area contributed by atoms with Crippen molar-refractivity contribution >= 4 is 11.6 Å². The lowest BCUT2D eigenvalue weighted by Crippen LogP contribution is -2.35. The highest BCUT2D eigenvalue weighted by atomic mass is 16.2. The van der Waals surface area contributed by atoms with Gasteiger partial charge in [0, 0.05) is 25.2 Å². The van der Waals surface area contributed by atoms with Crippen molar-refractivity contribution in [3.63, 3.8) is 0 Å². The number of nitrogens with two attached hydrogens (primary N) is 1. The van der Waals surface area contributed by atoms with Gasteiger partial charge in [-0.2, -0.15) is 0 Å². The van der Waals surface area contributed by atoms with Crippen molar-refractivity contribution in [3.05, 3.63) is 29.8 Å². The van der Waals surface area contributed by atoms with Gasteiger partial charge in [-0.3, -0.25) is 4.79 Å². The first-order valence-electron chi connectivity index (χ1n) is 7.25. The number of hydrogen-bond acceptors (Lipinski definition) is 2. The monoisotopic (exact) mass is 258 g/mol. The van der Waals surface area contributed by atoms with Crippen molar-refractivity contribution in [3.8, 4) is 0 Å². The minimum atomic E-state index is 0.255. The molecule has 1 amide bonds. The third kappa shape index (κ3) is 2.27. The summed E-state index contributed by atoms with van der Waals surface area (Å²) in [4.78, 5) is 14.5. The third-order valence-electron chi connectivity index (χ3n) is 4.92. The number of benzene rings is 1. The molecule has 2 fully saturated rings. The Hall–Kier alpha value is -1.35. The number of rotatable bonds is 3. The summed E-state index contributed by atoms with van der Waals surface area (Å²) < 4.78 is 0. The number of hydrogen-bond donors (Lipinski definition) is 1. The quantitative estimate of drug-likeness (QED) is 0.905.